The van der Waals surface area contributed by atoms with Crippen LogP contribution < -0.4 is 21.8 Å². The number of nitrogens with one attached hydrogen (secondary N) is 1. The van der Waals surface area contributed by atoms with E-state index in [2.05, 4.69) is 27.0 Å². The number of rotatable bonds is 7. The van der Waals surface area contributed by atoms with Crippen molar-refractivity contribution in [2.75, 3.05) is 23.1 Å². The van der Waals surface area contributed by atoms with Gasteiger partial charge in [0.1, 0.15) is 5.82 Å². The molecule has 2 aromatic rings. The molecule has 0 aliphatic rings. The van der Waals surface area contributed by atoms with Crippen molar-refractivity contribution in [3.05, 3.63) is 48.1 Å². The van der Waals surface area contributed by atoms with Crippen molar-refractivity contribution < 1.29 is 9.18 Å². The SMILES string of the molecule is C=C/C=N\N(C)c1cc(Nc2nc(N)c(F)cc2C(N)=O)cnc1CC. The molecule has 0 saturated heterocycles. The van der Waals surface area contributed by atoms with Gasteiger partial charge >= 0.3 is 0 Å². The highest BCUT2D eigenvalue weighted by Gasteiger charge is 2.16. The fourth-order valence-electron chi connectivity index (χ4n) is 2.23. The van der Waals surface area contributed by atoms with Crippen LogP contribution in [-0.4, -0.2) is 29.1 Å². The Morgan fingerprint density at radius 1 is 1.50 bits per heavy atom. The Hall–Kier alpha value is -3.49. The van der Waals surface area contributed by atoms with Crippen molar-refractivity contribution >= 4 is 35.1 Å². The Morgan fingerprint density at radius 3 is 2.85 bits per heavy atom. The second kappa shape index (κ2) is 8.06. The van der Waals surface area contributed by atoms with Gasteiger partial charge in [-0.05, 0) is 24.6 Å². The summed E-state index contributed by atoms with van der Waals surface area (Å²) in [5, 5.41) is 8.75. The lowest BCUT2D eigenvalue weighted by Crippen LogP contribution is -2.16. The first-order valence-corrected chi connectivity index (χ1v) is 7.77. The van der Waals surface area contributed by atoms with Gasteiger partial charge in [-0.1, -0.05) is 13.5 Å². The van der Waals surface area contributed by atoms with E-state index in [9.17, 15) is 9.18 Å². The van der Waals surface area contributed by atoms with E-state index in [1.165, 1.54) is 0 Å². The summed E-state index contributed by atoms with van der Waals surface area (Å²) in [7, 11) is 1.77. The van der Waals surface area contributed by atoms with Gasteiger partial charge < -0.3 is 16.8 Å². The fraction of sp³-hybridized carbons (Fsp3) is 0.176. The molecule has 5 N–H and O–H groups in total. The van der Waals surface area contributed by atoms with Crippen LogP contribution in [-0.2, 0) is 6.42 Å². The summed E-state index contributed by atoms with van der Waals surface area (Å²) in [5.41, 5.74) is 12.7. The number of carbonyl (C=O) groups excluding carboxylic acids is 1. The monoisotopic (exact) mass is 357 g/mol. The zero-order chi connectivity index (χ0) is 19.3. The highest BCUT2D eigenvalue weighted by atomic mass is 19.1. The van der Waals surface area contributed by atoms with Crippen LogP contribution >= 0.6 is 0 Å². The number of amides is 1. The number of nitrogen functional groups attached to an aromatic ring is 1. The molecule has 0 spiro atoms. The Labute approximate surface area is 150 Å². The third-order valence-corrected chi connectivity index (χ3v) is 3.51. The van der Waals surface area contributed by atoms with Crippen LogP contribution in [0.15, 0.2) is 36.1 Å². The summed E-state index contributed by atoms with van der Waals surface area (Å²) >= 11 is 0. The Balaban J connectivity index is 2.45. The minimum Gasteiger partial charge on any atom is -0.381 e. The number of carbonyl (C=O) groups is 1. The molecule has 0 bridgehead atoms. The van der Waals surface area contributed by atoms with Crippen LogP contribution in [0.4, 0.5) is 27.4 Å². The van der Waals surface area contributed by atoms with Gasteiger partial charge in [-0.2, -0.15) is 5.10 Å². The van der Waals surface area contributed by atoms with Crippen molar-refractivity contribution in [2.45, 2.75) is 13.3 Å². The molecule has 0 aromatic carbocycles. The third-order valence-electron chi connectivity index (χ3n) is 3.51. The largest absolute Gasteiger partial charge is 0.381 e. The minimum atomic E-state index is -0.829. The van der Waals surface area contributed by atoms with Crippen molar-refractivity contribution in [3.8, 4) is 0 Å². The maximum atomic E-state index is 13.6. The highest BCUT2D eigenvalue weighted by molar-refractivity contribution is 5.98. The number of hydrogen-bond acceptors (Lipinski definition) is 7. The lowest BCUT2D eigenvalue weighted by atomic mass is 10.2. The molecular formula is C17H20FN7O. The molecule has 2 rings (SSSR count). The summed E-state index contributed by atoms with van der Waals surface area (Å²) in [6.45, 7) is 5.56. The number of aromatic nitrogens is 2. The van der Waals surface area contributed by atoms with Crippen LogP contribution in [0.25, 0.3) is 0 Å². The molecule has 0 aliphatic heterocycles. The van der Waals surface area contributed by atoms with E-state index < -0.39 is 11.7 Å². The Kier molecular flexibility index (Phi) is 5.84. The Bertz CT molecular complexity index is 866. The molecular weight excluding hydrogens is 337 g/mol. The summed E-state index contributed by atoms with van der Waals surface area (Å²) in [6, 6.07) is 2.72. The van der Waals surface area contributed by atoms with E-state index in [1.54, 1.807) is 36.6 Å². The minimum absolute atomic E-state index is 0.0469. The predicted molar refractivity (Wildman–Crippen MR) is 101 cm³/mol. The van der Waals surface area contributed by atoms with Gasteiger partial charge in [-0.15, -0.1) is 0 Å². The average molecular weight is 357 g/mol. The summed E-state index contributed by atoms with van der Waals surface area (Å²) in [5.74, 6) is -1.94. The number of primary amides is 1. The lowest BCUT2D eigenvalue weighted by Gasteiger charge is -2.18. The zero-order valence-electron chi connectivity index (χ0n) is 14.5. The second-order valence-corrected chi connectivity index (χ2v) is 5.31. The molecule has 2 aromatic heterocycles. The normalized spacial score (nSPS) is 10.7. The molecule has 0 saturated carbocycles. The number of hydrazone groups is 1. The first-order chi connectivity index (χ1) is 12.4. The van der Waals surface area contributed by atoms with E-state index in [4.69, 9.17) is 11.5 Å². The van der Waals surface area contributed by atoms with E-state index in [-0.39, 0.29) is 17.2 Å². The van der Waals surface area contributed by atoms with Gasteiger partial charge in [0.2, 0.25) is 0 Å². The number of nitrogens with zero attached hydrogens (tertiary/aromatic N) is 4. The van der Waals surface area contributed by atoms with Crippen LogP contribution in [0.1, 0.15) is 23.0 Å². The number of pyridine rings is 2. The second-order valence-electron chi connectivity index (χ2n) is 5.31. The van der Waals surface area contributed by atoms with Crippen molar-refractivity contribution in [1.29, 1.82) is 0 Å². The standard InChI is InChI=1S/C17H20FN7O/c1-4-6-22-25(3)14-7-10(9-21-13(14)5-2)23-17-11(16(20)26)8-12(18)15(19)24-17/h4,6-9H,1,5H2,2-3H3,(H2,20,26)(H3,19,23,24)/b22-6-. The molecule has 26 heavy (non-hydrogen) atoms. The highest BCUT2D eigenvalue weighted by Crippen LogP contribution is 2.26. The molecule has 0 aliphatic carbocycles. The van der Waals surface area contributed by atoms with E-state index in [1.807, 2.05) is 6.92 Å². The molecule has 8 nitrogen and oxygen atoms in total. The van der Waals surface area contributed by atoms with Gasteiger partial charge in [0.05, 0.1) is 28.8 Å². The first-order valence-electron chi connectivity index (χ1n) is 7.77. The molecule has 2 heterocycles. The molecule has 0 unspecified atom stereocenters. The van der Waals surface area contributed by atoms with E-state index in [0.29, 0.717) is 12.1 Å². The van der Waals surface area contributed by atoms with Crippen LogP contribution in [0.2, 0.25) is 0 Å². The molecule has 0 atom stereocenters. The number of nitrogens with two attached hydrogens (primary N) is 2. The number of hydrogen-bond donors (Lipinski definition) is 3. The van der Waals surface area contributed by atoms with Gasteiger partial charge in [-0.25, -0.2) is 9.37 Å². The van der Waals surface area contributed by atoms with Gasteiger partial charge in [0.25, 0.3) is 5.91 Å². The van der Waals surface area contributed by atoms with Crippen LogP contribution in [0.3, 0.4) is 0 Å². The third kappa shape index (κ3) is 4.12. The fourth-order valence-corrected chi connectivity index (χ4v) is 2.23. The summed E-state index contributed by atoms with van der Waals surface area (Å²) in [6.07, 6.45) is 5.37. The maximum absolute atomic E-state index is 13.6. The lowest BCUT2D eigenvalue weighted by molar-refractivity contribution is 0.100. The van der Waals surface area contributed by atoms with Gasteiger partial charge in [-0.3, -0.25) is 14.8 Å². The quantitative estimate of drug-likeness (QED) is 0.516. The van der Waals surface area contributed by atoms with Crippen molar-refractivity contribution in [3.63, 3.8) is 0 Å². The summed E-state index contributed by atoms with van der Waals surface area (Å²) in [4.78, 5) is 19.8. The van der Waals surface area contributed by atoms with E-state index in [0.717, 1.165) is 17.4 Å². The number of allylic oxidation sites excluding steroid dienone is 1. The van der Waals surface area contributed by atoms with Crippen molar-refractivity contribution in [1.82, 2.24) is 9.97 Å². The van der Waals surface area contributed by atoms with Crippen LogP contribution in [0.5, 0.6) is 0 Å². The van der Waals surface area contributed by atoms with E-state index >= 15 is 0 Å². The zero-order valence-corrected chi connectivity index (χ0v) is 14.5. The molecule has 0 radical (unpaired) electrons. The maximum Gasteiger partial charge on any atom is 0.252 e. The number of anilines is 4. The Morgan fingerprint density at radius 2 is 2.23 bits per heavy atom. The predicted octanol–water partition coefficient (Wildman–Crippen LogP) is 2.21. The van der Waals surface area contributed by atoms with Crippen molar-refractivity contribution in [2.24, 2.45) is 10.8 Å². The van der Waals surface area contributed by atoms with Gasteiger partial charge in [0.15, 0.2) is 11.6 Å². The average Bonchev–Trinajstić information content (AvgIpc) is 2.62. The molecule has 136 valence electrons. The molecule has 0 fully saturated rings. The first kappa shape index (κ1) is 18.8. The van der Waals surface area contributed by atoms with Crippen LogP contribution in [0, 0.1) is 5.82 Å². The number of aryl methyl sites for hydroxylation is 1. The smallest absolute Gasteiger partial charge is 0.252 e. The number of halogens is 1. The van der Waals surface area contributed by atoms with Gasteiger partial charge in [0, 0.05) is 13.3 Å². The topological polar surface area (TPSA) is 123 Å². The summed E-state index contributed by atoms with van der Waals surface area (Å²) < 4.78 is 13.6. The molecule has 1 amide bonds. The molecule has 9 heteroatoms.